The molecule has 0 spiro atoms. The van der Waals surface area contributed by atoms with E-state index in [2.05, 4.69) is 43.4 Å². The molecule has 1 N–H and O–H groups in total. The van der Waals surface area contributed by atoms with Gasteiger partial charge in [0.05, 0.1) is 26.0 Å². The first kappa shape index (κ1) is 20.2. The molecule has 0 radical (unpaired) electrons. The van der Waals surface area contributed by atoms with Gasteiger partial charge in [-0.25, -0.2) is 0 Å². The number of amides is 1. The van der Waals surface area contributed by atoms with E-state index in [-0.39, 0.29) is 11.9 Å². The first-order valence-corrected chi connectivity index (χ1v) is 9.87. The highest BCUT2D eigenvalue weighted by Gasteiger charge is 2.15. The summed E-state index contributed by atoms with van der Waals surface area (Å²) in [5, 5.41) is 3.11. The average molecular weight is 374 g/mol. The van der Waals surface area contributed by atoms with Crippen LogP contribution in [0.3, 0.4) is 0 Å². The molecule has 0 heterocycles. The molecule has 5 heteroatoms. The van der Waals surface area contributed by atoms with Gasteiger partial charge in [-0.15, -0.1) is 11.8 Å². The van der Waals surface area contributed by atoms with Gasteiger partial charge in [0.25, 0.3) is 0 Å². The standard InChI is InChI=1S/C21H27NO3S/c1-5-18(17-10-11-19(24-3)20(12-17)25-4)22-21(23)14-26-13-16-8-6-15(2)7-9-16/h6-12,18H,5,13-14H2,1-4H3,(H,22,23)/t18-/m1/s1. The third-order valence-corrected chi connectivity index (χ3v) is 5.18. The van der Waals surface area contributed by atoms with Crippen molar-refractivity contribution in [3.63, 3.8) is 0 Å². The Hall–Kier alpha value is -2.14. The van der Waals surface area contributed by atoms with Crippen LogP contribution in [0.15, 0.2) is 42.5 Å². The monoisotopic (exact) mass is 373 g/mol. The van der Waals surface area contributed by atoms with Gasteiger partial charge in [-0.2, -0.15) is 0 Å². The fraction of sp³-hybridized carbons (Fsp3) is 0.381. The van der Waals surface area contributed by atoms with Crippen LogP contribution >= 0.6 is 11.8 Å². The quantitative estimate of drug-likeness (QED) is 0.702. The minimum Gasteiger partial charge on any atom is -0.493 e. The molecular weight excluding hydrogens is 346 g/mol. The lowest BCUT2D eigenvalue weighted by Crippen LogP contribution is -2.29. The summed E-state index contributed by atoms with van der Waals surface area (Å²) in [4.78, 5) is 12.3. The average Bonchev–Trinajstić information content (AvgIpc) is 2.67. The first-order valence-electron chi connectivity index (χ1n) is 8.72. The second kappa shape index (κ2) is 10.1. The maximum Gasteiger partial charge on any atom is 0.230 e. The summed E-state index contributed by atoms with van der Waals surface area (Å²) in [5.41, 5.74) is 3.50. The summed E-state index contributed by atoms with van der Waals surface area (Å²) < 4.78 is 10.6. The molecule has 2 aromatic carbocycles. The van der Waals surface area contributed by atoms with Gasteiger partial charge in [0.2, 0.25) is 5.91 Å². The van der Waals surface area contributed by atoms with Crippen LogP contribution in [0.5, 0.6) is 11.5 Å². The van der Waals surface area contributed by atoms with E-state index in [9.17, 15) is 4.79 Å². The van der Waals surface area contributed by atoms with Crippen molar-refractivity contribution in [2.75, 3.05) is 20.0 Å². The molecule has 0 saturated heterocycles. The number of hydrogen-bond acceptors (Lipinski definition) is 4. The Morgan fingerprint density at radius 3 is 2.38 bits per heavy atom. The van der Waals surface area contributed by atoms with Crippen LogP contribution < -0.4 is 14.8 Å². The van der Waals surface area contributed by atoms with E-state index in [1.54, 1.807) is 26.0 Å². The molecule has 26 heavy (non-hydrogen) atoms. The smallest absolute Gasteiger partial charge is 0.230 e. The van der Waals surface area contributed by atoms with Crippen molar-refractivity contribution in [1.29, 1.82) is 0 Å². The summed E-state index contributed by atoms with van der Waals surface area (Å²) in [6, 6.07) is 14.1. The molecule has 0 saturated carbocycles. The molecule has 4 nitrogen and oxygen atoms in total. The maximum atomic E-state index is 12.3. The largest absolute Gasteiger partial charge is 0.493 e. The molecule has 0 aliphatic heterocycles. The number of carbonyl (C=O) groups is 1. The lowest BCUT2D eigenvalue weighted by atomic mass is 10.0. The van der Waals surface area contributed by atoms with Crippen molar-refractivity contribution in [2.24, 2.45) is 0 Å². The third-order valence-electron chi connectivity index (χ3n) is 4.18. The molecule has 2 aromatic rings. The topological polar surface area (TPSA) is 47.6 Å². The lowest BCUT2D eigenvalue weighted by Gasteiger charge is -2.19. The van der Waals surface area contributed by atoms with Crippen molar-refractivity contribution in [2.45, 2.75) is 32.1 Å². The number of aryl methyl sites for hydroxylation is 1. The third kappa shape index (κ3) is 5.70. The van der Waals surface area contributed by atoms with Gasteiger partial charge in [-0.05, 0) is 36.6 Å². The highest BCUT2D eigenvalue weighted by Crippen LogP contribution is 2.30. The highest BCUT2D eigenvalue weighted by atomic mass is 32.2. The van der Waals surface area contributed by atoms with Crippen molar-refractivity contribution in [1.82, 2.24) is 5.32 Å². The summed E-state index contributed by atoms with van der Waals surface area (Å²) in [7, 11) is 3.23. The molecule has 1 amide bonds. The molecule has 2 rings (SSSR count). The molecule has 0 unspecified atom stereocenters. The Balaban J connectivity index is 1.90. The van der Waals surface area contributed by atoms with Crippen molar-refractivity contribution >= 4 is 17.7 Å². The van der Waals surface area contributed by atoms with E-state index in [4.69, 9.17) is 9.47 Å². The van der Waals surface area contributed by atoms with Gasteiger partial charge < -0.3 is 14.8 Å². The number of carbonyl (C=O) groups excluding carboxylic acids is 1. The van der Waals surface area contributed by atoms with E-state index in [1.165, 1.54) is 11.1 Å². The number of thioether (sulfide) groups is 1. The van der Waals surface area contributed by atoms with E-state index in [1.807, 2.05) is 18.2 Å². The SMILES string of the molecule is CC[C@@H](NC(=O)CSCc1ccc(C)cc1)c1ccc(OC)c(OC)c1. The summed E-state index contributed by atoms with van der Waals surface area (Å²) in [6.45, 7) is 4.13. The molecule has 140 valence electrons. The summed E-state index contributed by atoms with van der Waals surface area (Å²) in [5.74, 6) is 2.68. The van der Waals surface area contributed by atoms with Crippen molar-refractivity contribution in [3.05, 3.63) is 59.2 Å². The Morgan fingerprint density at radius 1 is 1.08 bits per heavy atom. The second-order valence-corrected chi connectivity index (χ2v) is 7.11. The van der Waals surface area contributed by atoms with Crippen molar-refractivity contribution < 1.29 is 14.3 Å². The van der Waals surface area contributed by atoms with Crippen LogP contribution in [0.25, 0.3) is 0 Å². The number of methoxy groups -OCH3 is 2. The molecule has 1 atom stereocenters. The van der Waals surface area contributed by atoms with Crippen LogP contribution in [-0.2, 0) is 10.5 Å². The van der Waals surface area contributed by atoms with Crippen LogP contribution in [-0.4, -0.2) is 25.9 Å². The maximum absolute atomic E-state index is 12.3. The van der Waals surface area contributed by atoms with Gasteiger partial charge in [0.15, 0.2) is 11.5 Å². The molecular formula is C21H27NO3S. The van der Waals surface area contributed by atoms with Crippen LogP contribution in [0.4, 0.5) is 0 Å². The fourth-order valence-corrected chi connectivity index (χ4v) is 3.47. The normalized spacial score (nSPS) is 11.7. The minimum absolute atomic E-state index is 0.0396. The lowest BCUT2D eigenvalue weighted by molar-refractivity contribution is -0.119. The Kier molecular flexibility index (Phi) is 7.85. The van der Waals surface area contributed by atoms with E-state index in [0.717, 1.165) is 17.7 Å². The van der Waals surface area contributed by atoms with Gasteiger partial charge in [-0.3, -0.25) is 4.79 Å². The number of benzene rings is 2. The summed E-state index contributed by atoms with van der Waals surface area (Å²) in [6.07, 6.45) is 0.809. The zero-order chi connectivity index (χ0) is 18.9. The Bertz CT molecular complexity index is 716. The van der Waals surface area contributed by atoms with Crippen LogP contribution in [0.2, 0.25) is 0 Å². The number of hydrogen-bond donors (Lipinski definition) is 1. The van der Waals surface area contributed by atoms with E-state index in [0.29, 0.717) is 17.3 Å². The predicted octanol–water partition coefficient (Wildman–Crippen LogP) is 4.51. The Labute approximate surface area is 160 Å². The number of ether oxygens (including phenoxy) is 2. The van der Waals surface area contributed by atoms with Crippen LogP contribution in [0.1, 0.15) is 36.1 Å². The van der Waals surface area contributed by atoms with Gasteiger partial charge in [-0.1, -0.05) is 42.8 Å². The minimum atomic E-state index is -0.0396. The second-order valence-electron chi connectivity index (χ2n) is 6.12. The molecule has 0 aliphatic carbocycles. The molecule has 0 bridgehead atoms. The van der Waals surface area contributed by atoms with Crippen molar-refractivity contribution in [3.8, 4) is 11.5 Å². The zero-order valence-electron chi connectivity index (χ0n) is 15.9. The highest BCUT2D eigenvalue weighted by molar-refractivity contribution is 7.99. The number of nitrogens with one attached hydrogen (secondary N) is 1. The first-order chi connectivity index (χ1) is 12.6. The summed E-state index contributed by atoms with van der Waals surface area (Å²) >= 11 is 1.62. The van der Waals surface area contributed by atoms with Gasteiger partial charge >= 0.3 is 0 Å². The Morgan fingerprint density at radius 2 is 1.77 bits per heavy atom. The van der Waals surface area contributed by atoms with Gasteiger partial charge in [0, 0.05) is 5.75 Å². The fourth-order valence-electron chi connectivity index (χ4n) is 2.67. The van der Waals surface area contributed by atoms with E-state index < -0.39 is 0 Å². The van der Waals surface area contributed by atoms with Crippen LogP contribution in [0, 0.1) is 6.92 Å². The van der Waals surface area contributed by atoms with Gasteiger partial charge in [0.1, 0.15) is 0 Å². The molecule has 0 aliphatic rings. The predicted molar refractivity (Wildman–Crippen MR) is 108 cm³/mol. The zero-order valence-corrected chi connectivity index (χ0v) is 16.7. The van der Waals surface area contributed by atoms with E-state index >= 15 is 0 Å². The molecule has 0 aromatic heterocycles. The molecule has 0 fully saturated rings. The number of rotatable bonds is 9.